The highest BCUT2D eigenvalue weighted by Crippen LogP contribution is 2.24. The van der Waals surface area contributed by atoms with E-state index in [1.807, 2.05) is 41.2 Å². The van der Waals surface area contributed by atoms with Crippen molar-refractivity contribution in [3.05, 3.63) is 71.2 Å². The van der Waals surface area contributed by atoms with Crippen LogP contribution in [0.15, 0.2) is 48.7 Å². The van der Waals surface area contributed by atoms with Crippen molar-refractivity contribution in [3.8, 4) is 11.6 Å². The Kier molecular flexibility index (Phi) is 4.01. The summed E-state index contributed by atoms with van der Waals surface area (Å²) in [7, 11) is 1.69. The first-order valence-corrected chi connectivity index (χ1v) is 8.20. The van der Waals surface area contributed by atoms with Crippen molar-refractivity contribution in [1.29, 1.82) is 0 Å². The Labute approximate surface area is 141 Å². The predicted octanol–water partition coefficient (Wildman–Crippen LogP) is 2.51. The SMILES string of the molecule is COc1ccc(Cc2nn(-c3ccccn3)c3c2CNCC3)cc1. The van der Waals surface area contributed by atoms with E-state index in [9.17, 15) is 0 Å². The number of rotatable bonds is 4. The van der Waals surface area contributed by atoms with Crippen molar-refractivity contribution in [2.45, 2.75) is 19.4 Å². The van der Waals surface area contributed by atoms with Gasteiger partial charge in [0.25, 0.3) is 0 Å². The van der Waals surface area contributed by atoms with Crippen LogP contribution in [0.2, 0.25) is 0 Å². The maximum atomic E-state index is 5.23. The normalized spacial score (nSPS) is 13.5. The molecular formula is C19H20N4O. The third-order valence-corrected chi connectivity index (χ3v) is 4.41. The lowest BCUT2D eigenvalue weighted by Gasteiger charge is -2.15. The van der Waals surface area contributed by atoms with Crippen LogP contribution < -0.4 is 10.1 Å². The molecule has 2 aromatic heterocycles. The number of hydrogen-bond acceptors (Lipinski definition) is 4. The number of fused-ring (bicyclic) bond motifs is 1. The lowest BCUT2D eigenvalue weighted by Crippen LogP contribution is -2.25. The molecule has 0 atom stereocenters. The van der Waals surface area contributed by atoms with Gasteiger partial charge >= 0.3 is 0 Å². The van der Waals surface area contributed by atoms with E-state index in [4.69, 9.17) is 9.84 Å². The molecule has 1 aliphatic rings. The molecule has 0 fully saturated rings. The minimum absolute atomic E-state index is 0.813. The molecule has 0 spiro atoms. The molecule has 0 radical (unpaired) electrons. The third-order valence-electron chi connectivity index (χ3n) is 4.41. The summed E-state index contributed by atoms with van der Waals surface area (Å²) in [5.74, 6) is 1.76. The van der Waals surface area contributed by atoms with Gasteiger partial charge in [0.2, 0.25) is 0 Å². The summed E-state index contributed by atoms with van der Waals surface area (Å²) in [5, 5.41) is 8.34. The van der Waals surface area contributed by atoms with Gasteiger partial charge in [-0.25, -0.2) is 9.67 Å². The molecule has 0 aliphatic carbocycles. The third kappa shape index (κ3) is 2.78. The van der Waals surface area contributed by atoms with Crippen LogP contribution in [0.25, 0.3) is 5.82 Å². The second-order valence-corrected chi connectivity index (χ2v) is 5.92. The highest BCUT2D eigenvalue weighted by molar-refractivity contribution is 5.38. The highest BCUT2D eigenvalue weighted by atomic mass is 16.5. The van der Waals surface area contributed by atoms with Crippen LogP contribution in [-0.2, 0) is 19.4 Å². The molecule has 1 N–H and O–H groups in total. The van der Waals surface area contributed by atoms with Crippen LogP contribution in [0, 0.1) is 0 Å². The fourth-order valence-corrected chi connectivity index (χ4v) is 3.16. The number of nitrogens with one attached hydrogen (secondary N) is 1. The quantitative estimate of drug-likeness (QED) is 0.802. The number of benzene rings is 1. The van der Waals surface area contributed by atoms with Crippen molar-refractivity contribution in [2.75, 3.05) is 13.7 Å². The van der Waals surface area contributed by atoms with E-state index >= 15 is 0 Å². The van der Waals surface area contributed by atoms with E-state index < -0.39 is 0 Å². The smallest absolute Gasteiger partial charge is 0.153 e. The topological polar surface area (TPSA) is 52.0 Å². The average molecular weight is 320 g/mol. The molecule has 3 aromatic rings. The summed E-state index contributed by atoms with van der Waals surface area (Å²) in [6, 6.07) is 14.1. The Hall–Kier alpha value is -2.66. The van der Waals surface area contributed by atoms with Gasteiger partial charge in [0, 0.05) is 37.7 Å². The van der Waals surface area contributed by atoms with Gasteiger partial charge in [-0.15, -0.1) is 0 Å². The molecule has 5 heteroatoms. The Morgan fingerprint density at radius 1 is 1.17 bits per heavy atom. The summed E-state index contributed by atoms with van der Waals surface area (Å²) in [6.07, 6.45) is 3.60. The van der Waals surface area contributed by atoms with E-state index in [2.05, 4.69) is 22.4 Å². The van der Waals surface area contributed by atoms with E-state index in [1.165, 1.54) is 16.8 Å². The predicted molar refractivity (Wildman–Crippen MR) is 92.6 cm³/mol. The van der Waals surface area contributed by atoms with E-state index in [1.54, 1.807) is 7.11 Å². The molecule has 0 saturated heterocycles. The van der Waals surface area contributed by atoms with Gasteiger partial charge in [-0.3, -0.25) is 0 Å². The molecule has 1 aromatic carbocycles. The minimum atomic E-state index is 0.813. The van der Waals surface area contributed by atoms with Crippen LogP contribution >= 0.6 is 0 Å². The van der Waals surface area contributed by atoms with Crippen LogP contribution in [-0.4, -0.2) is 28.4 Å². The first kappa shape index (κ1) is 14.9. The van der Waals surface area contributed by atoms with E-state index in [0.29, 0.717) is 0 Å². The second-order valence-electron chi connectivity index (χ2n) is 5.92. The summed E-state index contributed by atoms with van der Waals surface area (Å²) >= 11 is 0. The van der Waals surface area contributed by atoms with Crippen molar-refractivity contribution >= 4 is 0 Å². The van der Waals surface area contributed by atoms with Crippen LogP contribution in [0.3, 0.4) is 0 Å². The molecule has 5 nitrogen and oxygen atoms in total. The number of methoxy groups -OCH3 is 1. The zero-order chi connectivity index (χ0) is 16.4. The monoisotopic (exact) mass is 320 g/mol. The van der Waals surface area contributed by atoms with Gasteiger partial charge in [0.15, 0.2) is 5.82 Å². The van der Waals surface area contributed by atoms with Gasteiger partial charge in [0.05, 0.1) is 18.5 Å². The van der Waals surface area contributed by atoms with Gasteiger partial charge in [-0.2, -0.15) is 5.10 Å². The maximum absolute atomic E-state index is 5.23. The summed E-state index contributed by atoms with van der Waals surface area (Å²) in [6.45, 7) is 1.85. The van der Waals surface area contributed by atoms with Gasteiger partial charge in [-0.05, 0) is 29.8 Å². The van der Waals surface area contributed by atoms with Crippen molar-refractivity contribution in [2.24, 2.45) is 0 Å². The Bertz CT molecular complexity index is 825. The molecule has 4 rings (SSSR count). The number of pyridine rings is 1. The van der Waals surface area contributed by atoms with Crippen LogP contribution in [0.1, 0.15) is 22.5 Å². The minimum Gasteiger partial charge on any atom is -0.497 e. The van der Waals surface area contributed by atoms with E-state index in [0.717, 1.165) is 43.2 Å². The number of hydrogen-bond donors (Lipinski definition) is 1. The zero-order valence-electron chi connectivity index (χ0n) is 13.7. The lowest BCUT2D eigenvalue weighted by molar-refractivity contribution is 0.414. The highest BCUT2D eigenvalue weighted by Gasteiger charge is 2.21. The molecule has 3 heterocycles. The number of ether oxygens (including phenoxy) is 1. The fraction of sp³-hybridized carbons (Fsp3) is 0.263. The maximum Gasteiger partial charge on any atom is 0.153 e. The van der Waals surface area contributed by atoms with Gasteiger partial charge in [0.1, 0.15) is 5.75 Å². The summed E-state index contributed by atoms with van der Waals surface area (Å²) in [5.41, 5.74) is 4.93. The van der Waals surface area contributed by atoms with Crippen molar-refractivity contribution in [1.82, 2.24) is 20.1 Å². The number of nitrogens with zero attached hydrogens (tertiary/aromatic N) is 3. The standard InChI is InChI=1S/C19H20N4O/c1-24-15-7-5-14(6-8-15)12-17-16-13-20-11-9-18(16)23(22-17)19-4-2-3-10-21-19/h2-8,10,20H,9,11-13H2,1H3. The van der Waals surface area contributed by atoms with Gasteiger partial charge in [-0.1, -0.05) is 18.2 Å². The van der Waals surface area contributed by atoms with Crippen LogP contribution in [0.4, 0.5) is 0 Å². The van der Waals surface area contributed by atoms with Crippen molar-refractivity contribution < 1.29 is 4.74 Å². The van der Waals surface area contributed by atoms with Crippen molar-refractivity contribution in [3.63, 3.8) is 0 Å². The largest absolute Gasteiger partial charge is 0.497 e. The molecule has 0 bridgehead atoms. The summed E-state index contributed by atoms with van der Waals surface area (Å²) < 4.78 is 7.24. The van der Waals surface area contributed by atoms with Crippen LogP contribution in [0.5, 0.6) is 5.75 Å². The van der Waals surface area contributed by atoms with Gasteiger partial charge < -0.3 is 10.1 Å². The first-order chi connectivity index (χ1) is 11.8. The molecule has 24 heavy (non-hydrogen) atoms. The zero-order valence-corrected chi connectivity index (χ0v) is 13.7. The Balaban J connectivity index is 1.71. The molecule has 122 valence electrons. The molecule has 0 saturated carbocycles. The lowest BCUT2D eigenvalue weighted by atomic mass is 10.0. The Morgan fingerprint density at radius 3 is 2.79 bits per heavy atom. The van der Waals surface area contributed by atoms with E-state index in [-0.39, 0.29) is 0 Å². The molecule has 1 aliphatic heterocycles. The summed E-state index contributed by atoms with van der Waals surface area (Å²) in [4.78, 5) is 4.46. The molecular weight excluding hydrogens is 300 g/mol. The molecule has 0 unspecified atom stereocenters. The average Bonchev–Trinajstić information content (AvgIpc) is 3.02. The number of aromatic nitrogens is 3. The molecule has 0 amide bonds. The second kappa shape index (κ2) is 6.45. The Morgan fingerprint density at radius 2 is 2.04 bits per heavy atom. The first-order valence-electron chi connectivity index (χ1n) is 8.20. The fourth-order valence-electron chi connectivity index (χ4n) is 3.16.